The van der Waals surface area contributed by atoms with Gasteiger partial charge in [-0.25, -0.2) is 0 Å². The van der Waals surface area contributed by atoms with E-state index < -0.39 is 0 Å². The van der Waals surface area contributed by atoms with E-state index in [1.54, 1.807) is 0 Å². The van der Waals surface area contributed by atoms with Gasteiger partial charge in [0, 0.05) is 12.5 Å². The molecule has 0 spiro atoms. The van der Waals surface area contributed by atoms with Gasteiger partial charge in [-0.1, -0.05) is 11.6 Å². The molecular weight excluding hydrogens is 134 g/mol. The minimum atomic E-state index is 0.319. The quantitative estimate of drug-likeness (QED) is 0.470. The summed E-state index contributed by atoms with van der Waals surface area (Å²) in [5.41, 5.74) is 7.22. The standard InChI is InChI=1S/C10H15N/c1-2-3-4-5-9-6-7-10(11)8-9/h8,10H,4-7,11H2,1H3. The zero-order valence-electron chi connectivity index (χ0n) is 7.06. The molecule has 0 saturated heterocycles. The number of rotatable bonds is 2. The predicted molar refractivity (Wildman–Crippen MR) is 48.0 cm³/mol. The Balaban J connectivity index is 2.25. The van der Waals surface area contributed by atoms with Crippen molar-refractivity contribution in [2.24, 2.45) is 5.73 Å². The minimum Gasteiger partial charge on any atom is -0.324 e. The Morgan fingerprint density at radius 2 is 2.55 bits per heavy atom. The van der Waals surface area contributed by atoms with Crippen molar-refractivity contribution < 1.29 is 0 Å². The van der Waals surface area contributed by atoms with Gasteiger partial charge in [0.15, 0.2) is 0 Å². The van der Waals surface area contributed by atoms with E-state index in [-0.39, 0.29) is 0 Å². The van der Waals surface area contributed by atoms with Crippen LogP contribution in [0.25, 0.3) is 0 Å². The summed E-state index contributed by atoms with van der Waals surface area (Å²) >= 11 is 0. The molecule has 0 heterocycles. The zero-order chi connectivity index (χ0) is 8.10. The van der Waals surface area contributed by atoms with Crippen LogP contribution in [0.4, 0.5) is 0 Å². The van der Waals surface area contributed by atoms with Gasteiger partial charge < -0.3 is 5.73 Å². The van der Waals surface area contributed by atoms with Gasteiger partial charge >= 0.3 is 0 Å². The van der Waals surface area contributed by atoms with Gasteiger partial charge in [0.25, 0.3) is 0 Å². The van der Waals surface area contributed by atoms with Crippen LogP contribution in [0.3, 0.4) is 0 Å². The molecule has 11 heavy (non-hydrogen) atoms. The lowest BCUT2D eigenvalue weighted by atomic mass is 10.1. The van der Waals surface area contributed by atoms with Gasteiger partial charge in [0.2, 0.25) is 0 Å². The SMILES string of the molecule is CC#CCCC1=CC(N)CC1. The maximum absolute atomic E-state index is 5.72. The molecule has 0 fully saturated rings. The van der Waals surface area contributed by atoms with E-state index in [9.17, 15) is 0 Å². The van der Waals surface area contributed by atoms with Gasteiger partial charge in [-0.2, -0.15) is 0 Å². The summed E-state index contributed by atoms with van der Waals surface area (Å²) in [6, 6.07) is 0.319. The largest absolute Gasteiger partial charge is 0.324 e. The van der Waals surface area contributed by atoms with E-state index in [0.29, 0.717) is 6.04 Å². The van der Waals surface area contributed by atoms with E-state index in [0.717, 1.165) is 19.3 Å². The van der Waals surface area contributed by atoms with Gasteiger partial charge in [-0.15, -0.1) is 11.8 Å². The van der Waals surface area contributed by atoms with Crippen LogP contribution in [-0.2, 0) is 0 Å². The smallest absolute Gasteiger partial charge is 0.0229 e. The van der Waals surface area contributed by atoms with Crippen LogP contribution in [0.1, 0.15) is 32.6 Å². The molecule has 0 aromatic rings. The fourth-order valence-electron chi connectivity index (χ4n) is 1.38. The average molecular weight is 149 g/mol. The molecule has 1 aliphatic carbocycles. The monoisotopic (exact) mass is 149 g/mol. The third-order valence-electron chi connectivity index (χ3n) is 2.00. The number of hydrogen-bond donors (Lipinski definition) is 1. The highest BCUT2D eigenvalue weighted by Gasteiger charge is 2.09. The lowest BCUT2D eigenvalue weighted by Crippen LogP contribution is -2.11. The first kappa shape index (κ1) is 8.36. The van der Waals surface area contributed by atoms with Crippen LogP contribution in [0.5, 0.6) is 0 Å². The number of hydrogen-bond acceptors (Lipinski definition) is 1. The number of allylic oxidation sites excluding steroid dienone is 1. The molecule has 1 atom stereocenters. The molecule has 2 N–H and O–H groups in total. The third-order valence-corrected chi connectivity index (χ3v) is 2.00. The second-order valence-corrected chi connectivity index (χ2v) is 2.95. The Morgan fingerprint density at radius 1 is 1.73 bits per heavy atom. The van der Waals surface area contributed by atoms with Crippen LogP contribution in [0.15, 0.2) is 11.6 Å². The topological polar surface area (TPSA) is 26.0 Å². The van der Waals surface area contributed by atoms with Crippen LogP contribution in [0.2, 0.25) is 0 Å². The minimum absolute atomic E-state index is 0.319. The van der Waals surface area contributed by atoms with Gasteiger partial charge in [0.1, 0.15) is 0 Å². The molecule has 0 bridgehead atoms. The second kappa shape index (κ2) is 4.20. The Bertz CT molecular complexity index is 205. The molecular formula is C10H15N. The summed E-state index contributed by atoms with van der Waals surface area (Å²) in [7, 11) is 0. The predicted octanol–water partition coefficient (Wildman–Crippen LogP) is 1.84. The molecule has 0 aliphatic heterocycles. The Hall–Kier alpha value is -0.740. The highest BCUT2D eigenvalue weighted by molar-refractivity contribution is 5.14. The Morgan fingerprint density at radius 3 is 3.09 bits per heavy atom. The maximum atomic E-state index is 5.72. The van der Waals surface area contributed by atoms with Gasteiger partial charge in [0.05, 0.1) is 0 Å². The Kier molecular flexibility index (Phi) is 3.19. The van der Waals surface area contributed by atoms with Crippen molar-refractivity contribution >= 4 is 0 Å². The van der Waals surface area contributed by atoms with Gasteiger partial charge in [-0.3, -0.25) is 0 Å². The summed E-state index contributed by atoms with van der Waals surface area (Å²) in [6.07, 6.45) is 6.63. The van der Waals surface area contributed by atoms with Crippen LogP contribution < -0.4 is 5.73 Å². The molecule has 1 aliphatic rings. The van der Waals surface area contributed by atoms with Crippen molar-refractivity contribution in [3.05, 3.63) is 11.6 Å². The first-order chi connectivity index (χ1) is 5.33. The number of nitrogens with two attached hydrogens (primary N) is 1. The van der Waals surface area contributed by atoms with Crippen molar-refractivity contribution in [3.8, 4) is 11.8 Å². The molecule has 0 amide bonds. The van der Waals surface area contributed by atoms with Crippen molar-refractivity contribution in [1.29, 1.82) is 0 Å². The summed E-state index contributed by atoms with van der Waals surface area (Å²) in [4.78, 5) is 0. The molecule has 0 radical (unpaired) electrons. The van der Waals surface area contributed by atoms with Gasteiger partial charge in [-0.05, 0) is 26.2 Å². The average Bonchev–Trinajstić information content (AvgIpc) is 2.37. The fourth-order valence-corrected chi connectivity index (χ4v) is 1.38. The summed E-state index contributed by atoms with van der Waals surface area (Å²) < 4.78 is 0. The normalized spacial score (nSPS) is 22.4. The Labute approximate surface area is 68.7 Å². The third kappa shape index (κ3) is 2.78. The fraction of sp³-hybridized carbons (Fsp3) is 0.600. The highest BCUT2D eigenvalue weighted by atomic mass is 14.6. The molecule has 60 valence electrons. The first-order valence-corrected chi connectivity index (χ1v) is 4.17. The van der Waals surface area contributed by atoms with E-state index in [1.165, 1.54) is 12.0 Å². The van der Waals surface area contributed by atoms with Crippen molar-refractivity contribution in [3.63, 3.8) is 0 Å². The lowest BCUT2D eigenvalue weighted by Gasteiger charge is -1.93. The molecule has 1 unspecified atom stereocenters. The molecule has 1 heteroatoms. The van der Waals surface area contributed by atoms with Crippen LogP contribution >= 0.6 is 0 Å². The maximum Gasteiger partial charge on any atom is 0.0229 e. The second-order valence-electron chi connectivity index (χ2n) is 2.95. The molecule has 0 saturated carbocycles. The summed E-state index contributed by atoms with van der Waals surface area (Å²) in [6.45, 7) is 1.88. The van der Waals surface area contributed by atoms with E-state index in [1.807, 2.05) is 6.92 Å². The van der Waals surface area contributed by atoms with Crippen molar-refractivity contribution in [2.75, 3.05) is 0 Å². The molecule has 0 aromatic heterocycles. The summed E-state index contributed by atoms with van der Waals surface area (Å²) in [5, 5.41) is 0. The van der Waals surface area contributed by atoms with Crippen molar-refractivity contribution in [2.45, 2.75) is 38.6 Å². The molecule has 0 aromatic carbocycles. The lowest BCUT2D eigenvalue weighted by molar-refractivity contribution is 0.765. The molecule has 1 rings (SSSR count). The zero-order valence-corrected chi connectivity index (χ0v) is 7.06. The molecule has 1 nitrogen and oxygen atoms in total. The van der Waals surface area contributed by atoms with E-state index in [2.05, 4.69) is 17.9 Å². The van der Waals surface area contributed by atoms with E-state index in [4.69, 9.17) is 5.73 Å². The first-order valence-electron chi connectivity index (χ1n) is 4.17. The van der Waals surface area contributed by atoms with E-state index >= 15 is 0 Å². The van der Waals surface area contributed by atoms with Crippen molar-refractivity contribution in [1.82, 2.24) is 0 Å². The van der Waals surface area contributed by atoms with Crippen LogP contribution in [-0.4, -0.2) is 6.04 Å². The highest BCUT2D eigenvalue weighted by Crippen LogP contribution is 2.20. The summed E-state index contributed by atoms with van der Waals surface area (Å²) in [5.74, 6) is 5.95. The van der Waals surface area contributed by atoms with Crippen LogP contribution in [0, 0.1) is 11.8 Å².